The topological polar surface area (TPSA) is 120 Å². The second-order valence-electron chi connectivity index (χ2n) is 11.5. The van der Waals surface area contributed by atoms with Crippen LogP contribution < -0.4 is 40.0 Å². The van der Waals surface area contributed by atoms with Gasteiger partial charge in [-0.3, -0.25) is 14.4 Å². The molecule has 2 amide bonds. The largest absolute Gasteiger partial charge is 0.497 e. The molecule has 0 spiro atoms. The first-order valence-electron chi connectivity index (χ1n) is 15.1. The van der Waals surface area contributed by atoms with Crippen molar-refractivity contribution in [3.05, 3.63) is 98.9 Å². The molecule has 6 rings (SSSR count). The number of anilines is 3. The van der Waals surface area contributed by atoms with E-state index in [1.165, 1.54) is 28.4 Å². The Balaban J connectivity index is 1.35. The van der Waals surface area contributed by atoms with Crippen LogP contribution in [0.2, 0.25) is 5.02 Å². The molecule has 2 N–H and O–H groups in total. The molecule has 0 saturated carbocycles. The van der Waals surface area contributed by atoms with Gasteiger partial charge in [0.2, 0.25) is 0 Å². The number of ether oxygens (including phenoxy) is 4. The van der Waals surface area contributed by atoms with Crippen LogP contribution in [-0.2, 0) is 6.54 Å². The third kappa shape index (κ3) is 6.44. The van der Waals surface area contributed by atoms with E-state index in [2.05, 4.69) is 15.5 Å². The number of methoxy groups -OCH3 is 4. The maximum atomic E-state index is 13.7. The monoisotopic (exact) mass is 658 g/mol. The lowest BCUT2D eigenvalue weighted by Gasteiger charge is -2.44. The minimum absolute atomic E-state index is 0.0115. The van der Waals surface area contributed by atoms with Crippen molar-refractivity contribution in [2.24, 2.45) is 5.92 Å². The van der Waals surface area contributed by atoms with Crippen molar-refractivity contribution in [1.82, 2.24) is 4.57 Å². The smallest absolute Gasteiger partial charge is 0.255 e. The molecule has 1 fully saturated rings. The zero-order valence-corrected chi connectivity index (χ0v) is 27.2. The molecule has 2 atom stereocenters. The summed E-state index contributed by atoms with van der Waals surface area (Å²) in [7, 11) is 6.01. The number of carbonyl (C=O) groups is 2. The third-order valence-corrected chi connectivity index (χ3v) is 8.96. The molecule has 3 heterocycles. The van der Waals surface area contributed by atoms with Crippen molar-refractivity contribution in [2.75, 3.05) is 57.1 Å². The van der Waals surface area contributed by atoms with E-state index in [0.29, 0.717) is 70.2 Å². The van der Waals surface area contributed by atoms with Crippen LogP contribution in [0.1, 0.15) is 38.7 Å². The number of hydrogen-bond donors (Lipinski definition) is 2. The van der Waals surface area contributed by atoms with Crippen molar-refractivity contribution in [3.63, 3.8) is 0 Å². The van der Waals surface area contributed by atoms with Gasteiger partial charge in [0.15, 0.2) is 0 Å². The van der Waals surface area contributed by atoms with Gasteiger partial charge >= 0.3 is 0 Å². The fourth-order valence-corrected chi connectivity index (χ4v) is 6.67. The van der Waals surface area contributed by atoms with Crippen LogP contribution in [0.25, 0.3) is 0 Å². The van der Waals surface area contributed by atoms with E-state index < -0.39 is 11.8 Å². The van der Waals surface area contributed by atoms with Crippen LogP contribution in [0.3, 0.4) is 0 Å². The average molecular weight is 659 g/mol. The second kappa shape index (κ2) is 13.3. The van der Waals surface area contributed by atoms with E-state index >= 15 is 0 Å². The molecule has 12 heteroatoms. The number of carbonyl (C=O) groups excluding carboxylic acids is 2. The number of nitrogens with zero attached hydrogens (tertiary/aromatic N) is 2. The Morgan fingerprint density at radius 3 is 2.15 bits per heavy atom. The van der Waals surface area contributed by atoms with Gasteiger partial charge in [-0.05, 0) is 54.8 Å². The summed E-state index contributed by atoms with van der Waals surface area (Å²) in [6.45, 7) is 1.95. The van der Waals surface area contributed by atoms with Crippen LogP contribution in [0, 0.1) is 5.92 Å². The molecule has 3 aromatic carbocycles. The minimum Gasteiger partial charge on any atom is -0.497 e. The summed E-state index contributed by atoms with van der Waals surface area (Å²) in [6.07, 6.45) is 0.970. The van der Waals surface area contributed by atoms with Gasteiger partial charge in [0.1, 0.15) is 23.0 Å². The Kier molecular flexibility index (Phi) is 8.99. The Bertz CT molecular complexity index is 1890. The van der Waals surface area contributed by atoms with E-state index in [9.17, 15) is 14.4 Å². The first kappa shape index (κ1) is 31.8. The minimum atomic E-state index is -0.432. The van der Waals surface area contributed by atoms with Crippen molar-refractivity contribution >= 4 is 40.5 Å². The first-order chi connectivity index (χ1) is 22.7. The van der Waals surface area contributed by atoms with E-state index in [1.807, 2.05) is 16.7 Å². The van der Waals surface area contributed by atoms with Gasteiger partial charge < -0.3 is 39.0 Å². The van der Waals surface area contributed by atoms with Gasteiger partial charge in [0.25, 0.3) is 17.4 Å². The fourth-order valence-electron chi connectivity index (χ4n) is 6.43. The number of hydrogen-bond acceptors (Lipinski definition) is 8. The Morgan fingerprint density at radius 2 is 1.45 bits per heavy atom. The van der Waals surface area contributed by atoms with Crippen LogP contribution in [0.4, 0.5) is 17.1 Å². The summed E-state index contributed by atoms with van der Waals surface area (Å²) >= 11 is 6.34. The molecule has 0 aliphatic carbocycles. The predicted octanol–water partition coefficient (Wildman–Crippen LogP) is 5.66. The van der Waals surface area contributed by atoms with Gasteiger partial charge in [-0.15, -0.1) is 0 Å². The number of benzene rings is 3. The van der Waals surface area contributed by atoms with E-state index in [4.69, 9.17) is 30.5 Å². The summed E-state index contributed by atoms with van der Waals surface area (Å²) in [5.41, 5.74) is 3.22. The SMILES string of the molecule is COc1cc(OC)cc(C(=O)Nc2cc(C(=O)Nc3cc(Cl)c(OC)cc3OC)ccc2N2CC3CC(C2)c2cccc(=O)n2C3)c1. The van der Waals surface area contributed by atoms with Crippen molar-refractivity contribution < 1.29 is 28.5 Å². The molecule has 47 heavy (non-hydrogen) atoms. The molecule has 1 aromatic heterocycles. The molecule has 2 aliphatic rings. The summed E-state index contributed by atoms with van der Waals surface area (Å²) in [6, 6.07) is 18.7. The lowest BCUT2D eigenvalue weighted by molar-refractivity contribution is 0.101. The number of piperidine rings is 1. The first-order valence-corrected chi connectivity index (χ1v) is 15.4. The fraction of sp³-hybridized carbons (Fsp3) is 0.286. The molecule has 244 valence electrons. The van der Waals surface area contributed by atoms with Gasteiger partial charge in [-0.1, -0.05) is 17.7 Å². The lowest BCUT2D eigenvalue weighted by atomic mass is 9.83. The number of halogens is 1. The Hall–Kier alpha value is -5.16. The number of pyridine rings is 1. The van der Waals surface area contributed by atoms with E-state index in [0.717, 1.165) is 17.8 Å². The summed E-state index contributed by atoms with van der Waals surface area (Å²) in [4.78, 5) is 42.1. The molecule has 1 saturated heterocycles. The summed E-state index contributed by atoms with van der Waals surface area (Å²) in [5.74, 6) is 1.25. The highest BCUT2D eigenvalue weighted by molar-refractivity contribution is 6.32. The van der Waals surface area contributed by atoms with Crippen molar-refractivity contribution in [2.45, 2.75) is 18.9 Å². The van der Waals surface area contributed by atoms with Crippen molar-refractivity contribution in [3.8, 4) is 23.0 Å². The molecule has 0 radical (unpaired) electrons. The summed E-state index contributed by atoms with van der Waals surface area (Å²) < 4.78 is 23.3. The maximum absolute atomic E-state index is 13.7. The predicted molar refractivity (Wildman–Crippen MR) is 180 cm³/mol. The lowest BCUT2D eigenvalue weighted by Crippen LogP contribution is -2.47. The highest BCUT2D eigenvalue weighted by Gasteiger charge is 2.35. The molecule has 2 bridgehead atoms. The maximum Gasteiger partial charge on any atom is 0.255 e. The van der Waals surface area contributed by atoms with Gasteiger partial charge in [-0.2, -0.15) is 0 Å². The van der Waals surface area contributed by atoms with Crippen molar-refractivity contribution in [1.29, 1.82) is 0 Å². The van der Waals surface area contributed by atoms with Crippen LogP contribution >= 0.6 is 11.6 Å². The standard InChI is InChI=1S/C35H35ClN4O7/c1-44-24-11-22(12-25(14-24)45-2)35(43)37-27-13-21(34(42)38-28-15-26(36)31(46-3)16-32(28)47-4)8-9-30(27)39-17-20-10-23(19-39)29-6-5-7-33(41)40(29)18-20/h5-9,11-16,20,23H,10,17-19H2,1-4H3,(H,37,43)(H,38,42). The number of amides is 2. The number of fused-ring (bicyclic) bond motifs is 4. The normalized spacial score (nSPS) is 16.5. The molecule has 4 aromatic rings. The Morgan fingerprint density at radius 1 is 0.745 bits per heavy atom. The highest BCUT2D eigenvalue weighted by Crippen LogP contribution is 2.40. The van der Waals surface area contributed by atoms with E-state index in [1.54, 1.807) is 54.6 Å². The quantitative estimate of drug-likeness (QED) is 0.236. The second-order valence-corrected chi connectivity index (χ2v) is 11.9. The molecule has 2 aliphatic heterocycles. The van der Waals surface area contributed by atoms with Gasteiger partial charge in [-0.25, -0.2) is 0 Å². The zero-order valence-electron chi connectivity index (χ0n) is 26.5. The third-order valence-electron chi connectivity index (χ3n) is 8.66. The number of aromatic nitrogens is 1. The molecular weight excluding hydrogens is 624 g/mol. The summed E-state index contributed by atoms with van der Waals surface area (Å²) in [5, 5.41) is 6.21. The van der Waals surface area contributed by atoms with Crippen LogP contribution in [0.5, 0.6) is 23.0 Å². The molecule has 11 nitrogen and oxygen atoms in total. The zero-order chi connectivity index (χ0) is 33.2. The number of nitrogens with one attached hydrogen (secondary N) is 2. The van der Waals surface area contributed by atoms with Crippen LogP contribution in [0.15, 0.2) is 71.5 Å². The van der Waals surface area contributed by atoms with Crippen LogP contribution in [-0.4, -0.2) is 57.9 Å². The Labute approximate surface area is 277 Å². The average Bonchev–Trinajstić information content (AvgIpc) is 3.08. The number of rotatable bonds is 9. The highest BCUT2D eigenvalue weighted by atomic mass is 35.5. The van der Waals surface area contributed by atoms with Gasteiger partial charge in [0, 0.05) is 60.6 Å². The van der Waals surface area contributed by atoms with Gasteiger partial charge in [0.05, 0.1) is 50.5 Å². The molecular formula is C35H35ClN4O7. The van der Waals surface area contributed by atoms with E-state index in [-0.39, 0.29) is 17.4 Å². The molecule has 2 unspecified atom stereocenters.